The lowest BCUT2D eigenvalue weighted by atomic mass is 9.94. The molecule has 2 N–H and O–H groups in total. The molecule has 0 spiro atoms. The van der Waals surface area contributed by atoms with Crippen LogP contribution in [0.3, 0.4) is 0 Å². The molecule has 3 heteroatoms. The van der Waals surface area contributed by atoms with Crippen molar-refractivity contribution in [2.24, 2.45) is 5.92 Å². The Labute approximate surface area is 99.6 Å². The number of anilines is 1. The summed E-state index contributed by atoms with van der Waals surface area (Å²) in [7, 11) is 0. The summed E-state index contributed by atoms with van der Waals surface area (Å²) in [6.07, 6.45) is 1.18. The van der Waals surface area contributed by atoms with Crippen LogP contribution in [0.5, 0.6) is 0 Å². The topological polar surface area (TPSA) is 24.1 Å². The minimum Gasteiger partial charge on any atom is -0.384 e. The summed E-state index contributed by atoms with van der Waals surface area (Å²) < 4.78 is 1.18. The van der Waals surface area contributed by atoms with Gasteiger partial charge in [-0.15, -0.1) is 0 Å². The Morgan fingerprint density at radius 2 is 2.40 bits per heavy atom. The zero-order valence-corrected chi connectivity index (χ0v) is 10.6. The second-order valence-electron chi connectivity index (χ2n) is 4.03. The van der Waals surface area contributed by atoms with Crippen molar-refractivity contribution in [2.75, 3.05) is 25.0 Å². The molecule has 0 saturated carbocycles. The summed E-state index contributed by atoms with van der Waals surface area (Å²) in [5.74, 6) is 0.715. The quantitative estimate of drug-likeness (QED) is 0.881. The molecule has 82 valence electrons. The Kier molecular flexibility index (Phi) is 3.65. The lowest BCUT2D eigenvalue weighted by Crippen LogP contribution is -2.32. The monoisotopic (exact) mass is 268 g/mol. The van der Waals surface area contributed by atoms with Crippen LogP contribution in [-0.2, 0) is 6.42 Å². The molecule has 1 aromatic carbocycles. The van der Waals surface area contributed by atoms with Crippen LogP contribution in [0.15, 0.2) is 22.7 Å². The van der Waals surface area contributed by atoms with Gasteiger partial charge in [0.2, 0.25) is 0 Å². The van der Waals surface area contributed by atoms with Gasteiger partial charge in [0, 0.05) is 11.0 Å². The third kappa shape index (κ3) is 2.52. The number of nitrogens with one attached hydrogen (secondary N) is 2. The molecule has 0 aliphatic carbocycles. The fourth-order valence-electron chi connectivity index (χ4n) is 2.06. The molecule has 0 aromatic heterocycles. The molecule has 1 heterocycles. The number of para-hydroxylation sites is 1. The first-order valence-electron chi connectivity index (χ1n) is 5.53. The molecule has 2 rings (SSSR count). The van der Waals surface area contributed by atoms with E-state index >= 15 is 0 Å². The van der Waals surface area contributed by atoms with Gasteiger partial charge in [-0.3, -0.25) is 0 Å². The zero-order chi connectivity index (χ0) is 10.7. The van der Waals surface area contributed by atoms with Gasteiger partial charge in [-0.1, -0.05) is 19.1 Å². The van der Waals surface area contributed by atoms with E-state index in [0.29, 0.717) is 5.92 Å². The van der Waals surface area contributed by atoms with Crippen LogP contribution >= 0.6 is 15.9 Å². The van der Waals surface area contributed by atoms with Gasteiger partial charge in [0.15, 0.2) is 0 Å². The van der Waals surface area contributed by atoms with Crippen molar-refractivity contribution in [3.63, 3.8) is 0 Å². The molecule has 1 aliphatic rings. The van der Waals surface area contributed by atoms with Crippen LogP contribution < -0.4 is 10.6 Å². The smallest absolute Gasteiger partial charge is 0.0517 e. The zero-order valence-electron chi connectivity index (χ0n) is 9.02. The van der Waals surface area contributed by atoms with Crippen molar-refractivity contribution >= 4 is 21.6 Å². The van der Waals surface area contributed by atoms with E-state index in [1.807, 2.05) is 0 Å². The highest BCUT2D eigenvalue weighted by Crippen LogP contribution is 2.31. The molecular weight excluding hydrogens is 252 g/mol. The lowest BCUT2D eigenvalue weighted by Gasteiger charge is -2.27. The van der Waals surface area contributed by atoms with E-state index in [-0.39, 0.29) is 0 Å². The second kappa shape index (κ2) is 4.99. The Hall–Kier alpha value is -0.540. The Morgan fingerprint density at radius 3 is 3.20 bits per heavy atom. The molecule has 0 bridgehead atoms. The van der Waals surface area contributed by atoms with Gasteiger partial charge in [0.1, 0.15) is 0 Å². The van der Waals surface area contributed by atoms with E-state index in [4.69, 9.17) is 0 Å². The van der Waals surface area contributed by atoms with Crippen molar-refractivity contribution in [3.8, 4) is 0 Å². The van der Waals surface area contributed by atoms with E-state index in [9.17, 15) is 0 Å². The van der Waals surface area contributed by atoms with E-state index in [1.165, 1.54) is 22.1 Å². The first-order chi connectivity index (χ1) is 7.31. The molecule has 1 atom stereocenters. The van der Waals surface area contributed by atoms with Crippen LogP contribution in [0.2, 0.25) is 0 Å². The summed E-state index contributed by atoms with van der Waals surface area (Å²) in [5.41, 5.74) is 2.71. The molecule has 2 nitrogen and oxygen atoms in total. The van der Waals surface area contributed by atoms with Gasteiger partial charge >= 0.3 is 0 Å². The molecular formula is C12H17BrN2. The number of hydrogen-bond acceptors (Lipinski definition) is 2. The Morgan fingerprint density at radius 1 is 1.53 bits per heavy atom. The number of rotatable bonds is 3. The molecule has 0 fully saturated rings. The van der Waals surface area contributed by atoms with Crippen molar-refractivity contribution in [1.29, 1.82) is 0 Å². The predicted octanol–water partition coefficient (Wildman–Crippen LogP) is 2.64. The van der Waals surface area contributed by atoms with Crippen LogP contribution in [0.25, 0.3) is 0 Å². The average molecular weight is 269 g/mol. The minimum absolute atomic E-state index is 0.715. The third-order valence-electron chi connectivity index (χ3n) is 2.86. The van der Waals surface area contributed by atoms with Crippen molar-refractivity contribution in [1.82, 2.24) is 5.32 Å². The fraction of sp³-hybridized carbons (Fsp3) is 0.500. The highest BCUT2D eigenvalue weighted by Gasteiger charge is 2.18. The summed E-state index contributed by atoms with van der Waals surface area (Å²) in [6, 6.07) is 6.42. The number of benzene rings is 1. The maximum absolute atomic E-state index is 3.58. The maximum Gasteiger partial charge on any atom is 0.0517 e. The van der Waals surface area contributed by atoms with Crippen molar-refractivity contribution in [3.05, 3.63) is 28.2 Å². The Balaban J connectivity index is 2.07. The highest BCUT2D eigenvalue weighted by atomic mass is 79.9. The molecule has 15 heavy (non-hydrogen) atoms. The summed E-state index contributed by atoms with van der Waals surface area (Å²) in [5, 5.41) is 6.91. The third-order valence-corrected chi connectivity index (χ3v) is 3.52. The van der Waals surface area contributed by atoms with E-state index in [0.717, 1.165) is 19.6 Å². The van der Waals surface area contributed by atoms with E-state index < -0.39 is 0 Å². The lowest BCUT2D eigenvalue weighted by molar-refractivity contribution is 0.492. The average Bonchev–Trinajstić information content (AvgIpc) is 2.26. The van der Waals surface area contributed by atoms with E-state index in [2.05, 4.69) is 51.7 Å². The molecule has 1 unspecified atom stereocenters. The van der Waals surface area contributed by atoms with Crippen molar-refractivity contribution in [2.45, 2.75) is 13.3 Å². The van der Waals surface area contributed by atoms with Crippen molar-refractivity contribution < 1.29 is 0 Å². The minimum atomic E-state index is 0.715. The van der Waals surface area contributed by atoms with Gasteiger partial charge < -0.3 is 10.6 Å². The van der Waals surface area contributed by atoms with Gasteiger partial charge in [0.05, 0.1) is 5.69 Å². The van der Waals surface area contributed by atoms with Gasteiger partial charge in [0.25, 0.3) is 0 Å². The molecule has 1 aromatic rings. The summed E-state index contributed by atoms with van der Waals surface area (Å²) in [4.78, 5) is 0. The van der Waals surface area contributed by atoms with Crippen LogP contribution in [0.4, 0.5) is 5.69 Å². The second-order valence-corrected chi connectivity index (χ2v) is 4.89. The number of halogens is 1. The van der Waals surface area contributed by atoms with Crippen LogP contribution in [0, 0.1) is 5.92 Å². The van der Waals surface area contributed by atoms with Crippen LogP contribution in [-0.4, -0.2) is 19.6 Å². The number of fused-ring (bicyclic) bond motifs is 1. The highest BCUT2D eigenvalue weighted by molar-refractivity contribution is 9.10. The SMILES string of the molecule is CCNCC1CNc2c(Br)cccc2C1. The largest absolute Gasteiger partial charge is 0.384 e. The van der Waals surface area contributed by atoms with Gasteiger partial charge in [-0.25, -0.2) is 0 Å². The molecule has 1 aliphatic heterocycles. The fourth-order valence-corrected chi connectivity index (χ4v) is 2.61. The maximum atomic E-state index is 3.58. The molecule has 0 amide bonds. The van der Waals surface area contributed by atoms with E-state index in [1.54, 1.807) is 0 Å². The van der Waals surface area contributed by atoms with Gasteiger partial charge in [-0.05, 0) is 53.0 Å². The van der Waals surface area contributed by atoms with Gasteiger partial charge in [-0.2, -0.15) is 0 Å². The predicted molar refractivity (Wildman–Crippen MR) is 68.4 cm³/mol. The Bertz CT molecular complexity index is 338. The van der Waals surface area contributed by atoms with Crippen LogP contribution in [0.1, 0.15) is 12.5 Å². The molecule has 0 saturated heterocycles. The first-order valence-corrected chi connectivity index (χ1v) is 6.32. The standard InChI is InChI=1S/C12H17BrN2/c1-2-14-7-9-6-10-4-3-5-11(13)12(10)15-8-9/h3-5,9,14-15H,2,6-8H2,1H3. The molecule has 0 radical (unpaired) electrons. The summed E-state index contributed by atoms with van der Waals surface area (Å²) in [6.45, 7) is 5.39. The first kappa shape index (κ1) is 11.0. The summed E-state index contributed by atoms with van der Waals surface area (Å²) >= 11 is 3.58. The number of hydrogen-bond donors (Lipinski definition) is 2. The normalized spacial score (nSPS) is 19.5.